The first kappa shape index (κ1) is 24.7. The Kier molecular flexibility index (Phi) is 9.96. The number of ether oxygens (including phenoxy) is 1. The van der Waals surface area contributed by atoms with Gasteiger partial charge in [-0.2, -0.15) is 0 Å². The molecule has 7 nitrogen and oxygen atoms in total. The highest BCUT2D eigenvalue weighted by Crippen LogP contribution is 2.31. The average molecular weight is 445 g/mol. The summed E-state index contributed by atoms with van der Waals surface area (Å²) in [6.45, 7) is 5.05. The Labute approximate surface area is 193 Å². The second kappa shape index (κ2) is 12.9. The van der Waals surface area contributed by atoms with Crippen molar-refractivity contribution < 1.29 is 14.3 Å². The van der Waals surface area contributed by atoms with E-state index >= 15 is 0 Å². The Balaban J connectivity index is 1.45. The van der Waals surface area contributed by atoms with Crippen LogP contribution in [0.15, 0.2) is 30.3 Å². The molecule has 0 aromatic heterocycles. The molecule has 1 N–H and O–H groups in total. The summed E-state index contributed by atoms with van der Waals surface area (Å²) in [6.07, 6.45) is 5.64. The molecule has 178 valence electrons. The minimum absolute atomic E-state index is 0.0335. The van der Waals surface area contributed by atoms with Crippen LogP contribution in [-0.2, 0) is 20.9 Å². The molecule has 1 atom stereocenters. The van der Waals surface area contributed by atoms with Crippen molar-refractivity contribution in [3.63, 3.8) is 0 Å². The van der Waals surface area contributed by atoms with Crippen LogP contribution in [0.4, 0.5) is 0 Å². The fourth-order valence-corrected chi connectivity index (χ4v) is 4.83. The second-order valence-electron chi connectivity index (χ2n) is 9.33. The highest BCUT2D eigenvalue weighted by atomic mass is 16.5. The molecule has 0 radical (unpaired) electrons. The second-order valence-corrected chi connectivity index (χ2v) is 9.33. The molecular formula is C25H40N4O3. The maximum Gasteiger partial charge on any atom is 0.248 e. The molecular weight excluding hydrogens is 404 g/mol. The van der Waals surface area contributed by atoms with Gasteiger partial charge in [0.2, 0.25) is 11.8 Å². The number of carbonyl (C=O) groups is 2. The number of rotatable bonds is 11. The average Bonchev–Trinajstić information content (AvgIpc) is 3.32. The van der Waals surface area contributed by atoms with Crippen LogP contribution in [0.2, 0.25) is 0 Å². The van der Waals surface area contributed by atoms with Crippen molar-refractivity contribution >= 4 is 11.8 Å². The summed E-state index contributed by atoms with van der Waals surface area (Å²) in [5.74, 6) is 0.632. The van der Waals surface area contributed by atoms with Gasteiger partial charge < -0.3 is 19.9 Å². The Bertz CT molecular complexity index is 698. The molecule has 0 spiro atoms. The van der Waals surface area contributed by atoms with Crippen LogP contribution in [0.1, 0.15) is 37.7 Å². The molecule has 1 unspecified atom stereocenters. The lowest BCUT2D eigenvalue weighted by Gasteiger charge is -2.40. The molecule has 1 aromatic carbocycles. The predicted octanol–water partition coefficient (Wildman–Crippen LogP) is 1.97. The summed E-state index contributed by atoms with van der Waals surface area (Å²) in [5, 5.41) is 3.18. The van der Waals surface area contributed by atoms with Gasteiger partial charge in [-0.05, 0) is 51.4 Å². The first-order valence-electron chi connectivity index (χ1n) is 12.1. The highest BCUT2D eigenvalue weighted by Gasteiger charge is 2.37. The zero-order valence-electron chi connectivity index (χ0n) is 19.8. The lowest BCUT2D eigenvalue weighted by atomic mass is 9.95. The number of nitrogens with zero attached hydrogens (tertiary/aromatic N) is 3. The number of benzene rings is 1. The van der Waals surface area contributed by atoms with Crippen LogP contribution >= 0.6 is 0 Å². The molecule has 2 amide bonds. The summed E-state index contributed by atoms with van der Waals surface area (Å²) >= 11 is 0. The van der Waals surface area contributed by atoms with Crippen molar-refractivity contribution in [2.45, 2.75) is 44.8 Å². The number of hydrogen-bond donors (Lipinski definition) is 1. The van der Waals surface area contributed by atoms with Gasteiger partial charge in [-0.3, -0.25) is 14.5 Å². The van der Waals surface area contributed by atoms with E-state index in [2.05, 4.69) is 29.2 Å². The van der Waals surface area contributed by atoms with Gasteiger partial charge in [-0.25, -0.2) is 0 Å². The van der Waals surface area contributed by atoms with Gasteiger partial charge in [0, 0.05) is 32.7 Å². The maximum absolute atomic E-state index is 13.1. The normalized spacial score (nSPS) is 18.8. The predicted molar refractivity (Wildman–Crippen MR) is 126 cm³/mol. The van der Waals surface area contributed by atoms with Crippen LogP contribution < -0.4 is 5.32 Å². The Hall–Kier alpha value is -1.96. The molecule has 32 heavy (non-hydrogen) atoms. The van der Waals surface area contributed by atoms with Crippen molar-refractivity contribution in [2.24, 2.45) is 5.92 Å². The molecule has 7 heteroatoms. The third-order valence-corrected chi connectivity index (χ3v) is 6.59. The monoisotopic (exact) mass is 444 g/mol. The molecule has 1 aliphatic carbocycles. The van der Waals surface area contributed by atoms with E-state index in [1.165, 1.54) is 12.8 Å². The van der Waals surface area contributed by atoms with E-state index in [0.29, 0.717) is 25.6 Å². The lowest BCUT2D eigenvalue weighted by molar-refractivity contribution is -0.139. The first-order valence-corrected chi connectivity index (χ1v) is 12.1. The first-order chi connectivity index (χ1) is 15.5. The fraction of sp³-hybridized carbons (Fsp3) is 0.680. The van der Waals surface area contributed by atoms with Crippen LogP contribution in [-0.4, -0.2) is 92.5 Å². The van der Waals surface area contributed by atoms with Gasteiger partial charge in [0.05, 0.1) is 12.6 Å². The third-order valence-electron chi connectivity index (χ3n) is 6.59. The third kappa shape index (κ3) is 7.57. The molecule has 2 fully saturated rings. The van der Waals surface area contributed by atoms with Crippen LogP contribution in [0.3, 0.4) is 0 Å². The van der Waals surface area contributed by atoms with E-state index in [1.807, 2.05) is 35.2 Å². The lowest BCUT2D eigenvalue weighted by Crippen LogP contribution is -2.58. The van der Waals surface area contributed by atoms with Crippen molar-refractivity contribution in [1.29, 1.82) is 0 Å². The summed E-state index contributed by atoms with van der Waals surface area (Å²) in [7, 11) is 4.10. The smallest absolute Gasteiger partial charge is 0.248 e. The number of nitrogens with one attached hydrogen (secondary N) is 1. The fourth-order valence-electron chi connectivity index (χ4n) is 4.83. The molecule has 1 aromatic rings. The van der Waals surface area contributed by atoms with Gasteiger partial charge in [-0.1, -0.05) is 43.2 Å². The maximum atomic E-state index is 13.1. The van der Waals surface area contributed by atoms with Crippen LogP contribution in [0.25, 0.3) is 0 Å². The minimum atomic E-state index is -0.0663. The number of carbonyl (C=O) groups excluding carboxylic acids is 2. The van der Waals surface area contributed by atoms with E-state index in [-0.39, 0.29) is 24.5 Å². The van der Waals surface area contributed by atoms with Crippen LogP contribution in [0, 0.1) is 5.92 Å². The number of amides is 2. The Morgan fingerprint density at radius 2 is 1.78 bits per heavy atom. The SMILES string of the molecule is CN(C)CCCNC(=O)C(C1CCCC1)N1CCN(C(=O)COCc2ccccc2)CC1. The van der Waals surface area contributed by atoms with Crippen molar-refractivity contribution in [1.82, 2.24) is 20.0 Å². The van der Waals surface area contributed by atoms with E-state index in [0.717, 1.165) is 51.0 Å². The van der Waals surface area contributed by atoms with Crippen molar-refractivity contribution in [3.05, 3.63) is 35.9 Å². The van der Waals surface area contributed by atoms with E-state index in [1.54, 1.807) is 0 Å². The summed E-state index contributed by atoms with van der Waals surface area (Å²) in [5.41, 5.74) is 1.07. The number of hydrogen-bond acceptors (Lipinski definition) is 5. The molecule has 0 bridgehead atoms. The Morgan fingerprint density at radius 3 is 2.44 bits per heavy atom. The quantitative estimate of drug-likeness (QED) is 0.529. The summed E-state index contributed by atoms with van der Waals surface area (Å²) in [6, 6.07) is 9.84. The Morgan fingerprint density at radius 1 is 1.09 bits per heavy atom. The van der Waals surface area contributed by atoms with Gasteiger partial charge in [0.25, 0.3) is 0 Å². The summed E-state index contributed by atoms with van der Waals surface area (Å²) < 4.78 is 5.63. The van der Waals surface area contributed by atoms with E-state index < -0.39 is 0 Å². The minimum Gasteiger partial charge on any atom is -0.367 e. The zero-order chi connectivity index (χ0) is 22.8. The molecule has 1 aliphatic heterocycles. The van der Waals surface area contributed by atoms with Crippen molar-refractivity contribution in [3.8, 4) is 0 Å². The highest BCUT2D eigenvalue weighted by molar-refractivity contribution is 5.82. The molecule has 2 aliphatic rings. The van der Waals surface area contributed by atoms with Gasteiger partial charge in [0.1, 0.15) is 6.61 Å². The van der Waals surface area contributed by atoms with E-state index in [9.17, 15) is 9.59 Å². The molecule has 1 saturated heterocycles. The largest absolute Gasteiger partial charge is 0.367 e. The zero-order valence-corrected chi connectivity index (χ0v) is 19.8. The van der Waals surface area contributed by atoms with E-state index in [4.69, 9.17) is 4.74 Å². The standard InChI is InChI=1S/C25H40N4O3/c1-27(2)14-8-13-26-25(31)24(22-11-6-7-12-22)29-17-15-28(16-18-29)23(30)20-32-19-21-9-4-3-5-10-21/h3-5,9-10,22,24H,6-8,11-20H2,1-2H3,(H,26,31). The van der Waals surface area contributed by atoms with Gasteiger partial charge in [0.15, 0.2) is 0 Å². The van der Waals surface area contributed by atoms with Crippen molar-refractivity contribution in [2.75, 3.05) is 60.0 Å². The van der Waals surface area contributed by atoms with Crippen LogP contribution in [0.5, 0.6) is 0 Å². The number of piperazine rings is 1. The topological polar surface area (TPSA) is 65.1 Å². The molecule has 1 heterocycles. The molecule has 1 saturated carbocycles. The summed E-state index contributed by atoms with van der Waals surface area (Å²) in [4.78, 5) is 32.0. The van der Waals surface area contributed by atoms with Gasteiger partial charge >= 0.3 is 0 Å². The van der Waals surface area contributed by atoms with Gasteiger partial charge in [-0.15, -0.1) is 0 Å². The molecule has 3 rings (SSSR count).